The van der Waals surface area contributed by atoms with Crippen LogP contribution in [-0.4, -0.2) is 37.5 Å². The van der Waals surface area contributed by atoms with Crippen molar-refractivity contribution in [2.24, 2.45) is 33.7 Å². The number of ketones is 3. The molecule has 0 bridgehead atoms. The summed E-state index contributed by atoms with van der Waals surface area (Å²) in [4.78, 5) is 50.2. The van der Waals surface area contributed by atoms with Gasteiger partial charge in [-0.05, 0) is 59.2 Å². The van der Waals surface area contributed by atoms with E-state index in [4.69, 9.17) is 9.98 Å². The zero-order chi connectivity index (χ0) is 30.7. The van der Waals surface area contributed by atoms with Gasteiger partial charge in [0.2, 0.25) is 5.78 Å². The third-order valence-electron chi connectivity index (χ3n) is 10.8. The molecular formula is C36H26N4O3S3. The predicted octanol–water partition coefficient (Wildman–Crippen LogP) is 8.84. The van der Waals surface area contributed by atoms with E-state index in [1.807, 2.05) is 36.4 Å². The summed E-state index contributed by atoms with van der Waals surface area (Å²) in [5.74, 6) is 0.575. The number of thiophene rings is 2. The Hall–Kier alpha value is -3.99. The number of aliphatic imine (C=N–C) groups is 2. The highest BCUT2D eigenvalue weighted by atomic mass is 32.1. The van der Waals surface area contributed by atoms with Crippen molar-refractivity contribution in [3.8, 4) is 0 Å². The van der Waals surface area contributed by atoms with Crippen molar-refractivity contribution >= 4 is 115 Å². The Bertz CT molecular complexity index is 2380. The van der Waals surface area contributed by atoms with Gasteiger partial charge in [-0.2, -0.15) is 8.75 Å². The highest BCUT2D eigenvalue weighted by molar-refractivity contribution is 7.30. The largest absolute Gasteiger partial charge is 0.292 e. The first-order chi connectivity index (χ1) is 22.5. The van der Waals surface area contributed by atoms with Crippen molar-refractivity contribution in [3.63, 3.8) is 0 Å². The van der Waals surface area contributed by atoms with Gasteiger partial charge in [0.05, 0.1) is 26.8 Å². The van der Waals surface area contributed by atoms with Crippen LogP contribution in [0.3, 0.4) is 0 Å². The molecule has 10 rings (SSSR count). The number of fused-ring (bicyclic) bond motifs is 10. The Kier molecular flexibility index (Phi) is 5.90. The molecule has 7 nitrogen and oxygen atoms in total. The second-order valence-electron chi connectivity index (χ2n) is 13.2. The minimum atomic E-state index is -0.206. The van der Waals surface area contributed by atoms with Gasteiger partial charge in [-0.1, -0.05) is 56.0 Å². The van der Waals surface area contributed by atoms with E-state index in [0.717, 1.165) is 82.7 Å². The van der Waals surface area contributed by atoms with Gasteiger partial charge < -0.3 is 0 Å². The van der Waals surface area contributed by atoms with E-state index in [9.17, 15) is 14.4 Å². The van der Waals surface area contributed by atoms with Crippen LogP contribution in [0.2, 0.25) is 0 Å². The van der Waals surface area contributed by atoms with Crippen molar-refractivity contribution in [2.45, 2.75) is 44.9 Å². The van der Waals surface area contributed by atoms with E-state index < -0.39 is 0 Å². The number of Topliss-reactive ketones (excluding diaryl/α,β-unsaturated/α-hetero) is 3. The minimum Gasteiger partial charge on any atom is -0.292 e. The predicted molar refractivity (Wildman–Crippen MR) is 186 cm³/mol. The van der Waals surface area contributed by atoms with E-state index in [1.54, 1.807) is 0 Å². The molecule has 3 fully saturated rings. The Morgan fingerprint density at radius 3 is 1.93 bits per heavy atom. The zero-order valence-electron chi connectivity index (χ0n) is 24.6. The molecule has 0 spiro atoms. The number of hydrogen-bond donors (Lipinski definition) is 0. The summed E-state index contributed by atoms with van der Waals surface area (Å²) in [6.45, 7) is 0. The van der Waals surface area contributed by atoms with E-state index in [1.165, 1.54) is 48.4 Å². The lowest BCUT2D eigenvalue weighted by molar-refractivity contribution is -0.123. The summed E-state index contributed by atoms with van der Waals surface area (Å²) in [6, 6.07) is 16.1. The number of carbonyl (C=O) groups is 3. The van der Waals surface area contributed by atoms with Gasteiger partial charge in [-0.25, -0.2) is 9.98 Å². The van der Waals surface area contributed by atoms with Crippen molar-refractivity contribution in [1.29, 1.82) is 0 Å². The summed E-state index contributed by atoms with van der Waals surface area (Å²) in [5, 5.41) is 5.40. The van der Waals surface area contributed by atoms with Gasteiger partial charge in [0.15, 0.2) is 17.3 Å². The van der Waals surface area contributed by atoms with Crippen LogP contribution in [0.1, 0.15) is 54.4 Å². The smallest absolute Gasteiger partial charge is 0.207 e. The second-order valence-corrected chi connectivity index (χ2v) is 15.8. The fraction of sp³-hybridized carbons (Fsp3) is 0.306. The first kappa shape index (κ1) is 27.2. The summed E-state index contributed by atoms with van der Waals surface area (Å²) >= 11 is 4.16. The number of rotatable bonds is 2. The second kappa shape index (κ2) is 10.0. The molecule has 4 aliphatic carbocycles. The molecule has 3 saturated carbocycles. The monoisotopic (exact) mass is 658 g/mol. The third kappa shape index (κ3) is 3.96. The molecule has 4 aliphatic rings. The molecule has 10 heteroatoms. The van der Waals surface area contributed by atoms with Gasteiger partial charge in [-0.15, -0.1) is 22.7 Å². The molecule has 0 amide bonds. The Morgan fingerprint density at radius 2 is 1.30 bits per heavy atom. The Balaban J connectivity index is 1.04. The molecule has 0 radical (unpaired) electrons. The molecule has 6 aromatic rings. The molecule has 0 N–H and O–H groups in total. The average molecular weight is 659 g/mol. The Labute approximate surface area is 275 Å². The fourth-order valence-electron chi connectivity index (χ4n) is 8.54. The van der Waals surface area contributed by atoms with Gasteiger partial charge >= 0.3 is 0 Å². The van der Waals surface area contributed by atoms with Crippen LogP contribution in [0.4, 0.5) is 10.0 Å². The molecule has 46 heavy (non-hydrogen) atoms. The maximum absolute atomic E-state index is 13.6. The standard InChI is InChI=1S/C36H26N4O3S3/c41-32-21-10-17-6-2-1-5-16(17)9-20(21)13-26(32)37-27-14-24-29-30(40-46-39-29)25-15-28(45-36(25)35(24)44-27)38-31-33(42)22-11-18-7-3-4-8-19(18)12-23(22)34(31)43/h1-2,5-6,9-10,14-15,18-19,22-23H,3-4,7-8,11-13H2. The van der Waals surface area contributed by atoms with Crippen molar-refractivity contribution < 1.29 is 14.4 Å². The van der Waals surface area contributed by atoms with E-state index in [0.29, 0.717) is 29.0 Å². The van der Waals surface area contributed by atoms with Crippen molar-refractivity contribution in [3.05, 3.63) is 59.7 Å². The summed E-state index contributed by atoms with van der Waals surface area (Å²) in [5.41, 5.74) is 3.98. The minimum absolute atomic E-state index is 0.0243. The van der Waals surface area contributed by atoms with E-state index >= 15 is 0 Å². The maximum atomic E-state index is 13.6. The highest BCUT2D eigenvalue weighted by Gasteiger charge is 2.52. The lowest BCUT2D eigenvalue weighted by Gasteiger charge is -2.39. The highest BCUT2D eigenvalue weighted by Crippen LogP contribution is 2.50. The van der Waals surface area contributed by atoms with Crippen LogP contribution in [0.15, 0.2) is 58.5 Å². The molecule has 226 valence electrons. The van der Waals surface area contributed by atoms with Crippen LogP contribution in [0, 0.1) is 23.7 Å². The quantitative estimate of drug-likeness (QED) is 0.185. The molecule has 3 heterocycles. The number of hydrogen-bond acceptors (Lipinski definition) is 10. The normalized spacial score (nSPS) is 25.3. The van der Waals surface area contributed by atoms with Crippen LogP contribution in [-0.2, 0) is 16.0 Å². The first-order valence-electron chi connectivity index (χ1n) is 15.9. The molecule has 0 aliphatic heterocycles. The van der Waals surface area contributed by atoms with Gasteiger partial charge in [0.1, 0.15) is 21.0 Å². The van der Waals surface area contributed by atoms with Crippen LogP contribution in [0.25, 0.3) is 42.0 Å². The van der Waals surface area contributed by atoms with E-state index in [-0.39, 0.29) is 34.9 Å². The lowest BCUT2D eigenvalue weighted by atomic mass is 9.64. The first-order valence-corrected chi connectivity index (χ1v) is 18.3. The summed E-state index contributed by atoms with van der Waals surface area (Å²) in [7, 11) is 0. The fourth-order valence-corrected chi connectivity index (χ4v) is 11.4. The van der Waals surface area contributed by atoms with E-state index in [2.05, 4.69) is 20.9 Å². The maximum Gasteiger partial charge on any atom is 0.207 e. The molecule has 3 aromatic heterocycles. The molecule has 3 aromatic carbocycles. The topological polar surface area (TPSA) is 102 Å². The SMILES string of the molecule is O=C1C(=Nc2cc3c4nsnc4c4cc(N=C5C(=O)C6CC7CCCCC7CC6C5=O)sc4c3s2)Cc2cc3ccccc3cc21. The zero-order valence-corrected chi connectivity index (χ0v) is 27.1. The van der Waals surface area contributed by atoms with Crippen molar-refractivity contribution in [1.82, 2.24) is 8.75 Å². The molecular weight excluding hydrogens is 633 g/mol. The Morgan fingerprint density at radius 1 is 0.717 bits per heavy atom. The van der Waals surface area contributed by atoms with Gasteiger partial charge in [0.25, 0.3) is 0 Å². The molecule has 4 atom stereocenters. The third-order valence-corrected chi connectivity index (χ3v) is 13.5. The van der Waals surface area contributed by atoms with Crippen LogP contribution in [0.5, 0.6) is 0 Å². The summed E-state index contributed by atoms with van der Waals surface area (Å²) < 4.78 is 11.2. The number of benzene rings is 3. The number of nitrogens with zero attached hydrogens (tertiary/aromatic N) is 4. The number of carbonyl (C=O) groups excluding carboxylic acids is 3. The van der Waals surface area contributed by atoms with Gasteiger partial charge in [0, 0.05) is 34.6 Å². The lowest BCUT2D eigenvalue weighted by Crippen LogP contribution is -2.35. The summed E-state index contributed by atoms with van der Waals surface area (Å²) in [6.07, 6.45) is 6.99. The molecule has 4 unspecified atom stereocenters. The number of aromatic nitrogens is 2. The van der Waals surface area contributed by atoms with Crippen LogP contribution < -0.4 is 0 Å². The van der Waals surface area contributed by atoms with Crippen molar-refractivity contribution in [2.75, 3.05) is 0 Å². The van der Waals surface area contributed by atoms with Gasteiger partial charge in [-0.3, -0.25) is 14.4 Å². The average Bonchev–Trinajstić information content (AvgIpc) is 3.89. The van der Waals surface area contributed by atoms with Crippen LogP contribution >= 0.6 is 34.4 Å². The molecule has 0 saturated heterocycles.